The normalized spacial score (nSPS) is 18.6. The summed E-state index contributed by atoms with van der Waals surface area (Å²) in [5.74, 6) is 1.52. The lowest BCUT2D eigenvalue weighted by atomic mass is 10.1. The smallest absolute Gasteiger partial charge is 0.258 e. The number of benzene rings is 3. The third-order valence-corrected chi connectivity index (χ3v) is 7.49. The monoisotopic (exact) mass is 585 g/mol. The number of hydrogen-bond acceptors (Lipinski definition) is 8. The fraction of sp³-hybridized carbons (Fsp3) is 0.290. The van der Waals surface area contributed by atoms with E-state index in [4.69, 9.17) is 18.9 Å². The van der Waals surface area contributed by atoms with E-state index in [1.54, 1.807) is 47.4 Å². The van der Waals surface area contributed by atoms with E-state index in [1.165, 1.54) is 20.3 Å². The number of ether oxygens (including phenoxy) is 4. The van der Waals surface area contributed by atoms with Gasteiger partial charge in [0.25, 0.3) is 17.7 Å². The average molecular weight is 586 g/mol. The molecule has 4 aromatic rings. The first kappa shape index (κ1) is 27.9. The lowest BCUT2D eigenvalue weighted by Gasteiger charge is -2.22. The Morgan fingerprint density at radius 1 is 1.00 bits per heavy atom. The first-order chi connectivity index (χ1) is 20.8. The van der Waals surface area contributed by atoms with E-state index in [1.807, 2.05) is 13.0 Å². The molecule has 12 nitrogen and oxygen atoms in total. The summed E-state index contributed by atoms with van der Waals surface area (Å²) in [4.78, 5) is 48.9. The van der Waals surface area contributed by atoms with Gasteiger partial charge in [0, 0.05) is 41.9 Å². The van der Waals surface area contributed by atoms with Crippen LogP contribution in [0.25, 0.3) is 11.0 Å². The number of likely N-dealkylation sites (tertiary alicyclic amines) is 1. The van der Waals surface area contributed by atoms with Crippen molar-refractivity contribution in [3.63, 3.8) is 0 Å². The topological polar surface area (TPSA) is 144 Å². The van der Waals surface area contributed by atoms with E-state index in [2.05, 4.69) is 20.6 Å². The van der Waals surface area contributed by atoms with E-state index in [0.717, 1.165) is 22.4 Å². The molecule has 3 amide bonds. The molecule has 222 valence electrons. The van der Waals surface area contributed by atoms with Gasteiger partial charge >= 0.3 is 0 Å². The molecule has 0 unspecified atom stereocenters. The third-order valence-electron chi connectivity index (χ3n) is 7.49. The van der Waals surface area contributed by atoms with Crippen LogP contribution in [0.3, 0.4) is 0 Å². The lowest BCUT2D eigenvalue weighted by Crippen LogP contribution is -2.45. The number of aromatic nitrogens is 2. The first-order valence-corrected chi connectivity index (χ1v) is 13.8. The molecule has 2 atom stereocenters. The molecule has 0 spiro atoms. The van der Waals surface area contributed by atoms with E-state index in [9.17, 15) is 14.4 Å². The summed E-state index contributed by atoms with van der Waals surface area (Å²) >= 11 is 0. The van der Waals surface area contributed by atoms with Crippen LogP contribution in [0.1, 0.15) is 32.1 Å². The van der Waals surface area contributed by atoms with Gasteiger partial charge in [-0.3, -0.25) is 14.4 Å². The molecule has 0 radical (unpaired) electrons. The highest BCUT2D eigenvalue weighted by Crippen LogP contribution is 2.29. The Morgan fingerprint density at radius 3 is 2.67 bits per heavy atom. The molecule has 1 aromatic heterocycles. The van der Waals surface area contributed by atoms with Crippen LogP contribution in [0, 0.1) is 6.92 Å². The number of nitrogens with one attached hydrogen (secondary N) is 3. The minimum Gasteiger partial charge on any atom is -0.497 e. The van der Waals surface area contributed by atoms with Gasteiger partial charge in [-0.1, -0.05) is 0 Å². The highest BCUT2D eigenvalue weighted by atomic mass is 16.5. The van der Waals surface area contributed by atoms with Crippen LogP contribution in [-0.4, -0.2) is 78.7 Å². The Hall–Kier alpha value is -5.26. The number of rotatable bonds is 3. The summed E-state index contributed by atoms with van der Waals surface area (Å²) < 4.78 is 23.0. The maximum Gasteiger partial charge on any atom is 0.258 e. The summed E-state index contributed by atoms with van der Waals surface area (Å²) in [6.07, 6.45) is -0.571. The fourth-order valence-corrected chi connectivity index (χ4v) is 5.32. The van der Waals surface area contributed by atoms with Gasteiger partial charge in [-0.25, -0.2) is 4.98 Å². The van der Waals surface area contributed by atoms with Crippen molar-refractivity contribution in [2.75, 3.05) is 33.9 Å². The predicted octanol–water partition coefficient (Wildman–Crippen LogP) is 2.60. The van der Waals surface area contributed by atoms with Crippen molar-refractivity contribution < 1.29 is 33.3 Å². The molecule has 12 heteroatoms. The first-order valence-electron chi connectivity index (χ1n) is 13.8. The second kappa shape index (κ2) is 11.6. The highest BCUT2D eigenvalue weighted by Gasteiger charge is 2.38. The Bertz CT molecular complexity index is 1720. The van der Waals surface area contributed by atoms with Crippen molar-refractivity contribution in [1.82, 2.24) is 25.5 Å². The van der Waals surface area contributed by atoms with Gasteiger partial charge in [-0.2, -0.15) is 0 Å². The van der Waals surface area contributed by atoms with Crippen molar-refractivity contribution in [2.45, 2.75) is 25.6 Å². The number of amides is 3. The Kier molecular flexibility index (Phi) is 7.49. The van der Waals surface area contributed by atoms with Gasteiger partial charge in [0.05, 0.1) is 37.8 Å². The molecule has 3 N–H and O–H groups in total. The summed E-state index contributed by atoms with van der Waals surface area (Å²) in [5.41, 5.74) is 3.06. The molecular formula is C31H31N5O7. The van der Waals surface area contributed by atoms with Crippen molar-refractivity contribution in [1.29, 1.82) is 0 Å². The minimum absolute atomic E-state index is 0.192. The molecule has 7 rings (SSSR count). The molecule has 0 aliphatic carbocycles. The summed E-state index contributed by atoms with van der Waals surface area (Å²) in [5, 5.41) is 5.85. The number of aromatic amines is 1. The number of fused-ring (bicyclic) bond motifs is 8. The lowest BCUT2D eigenvalue weighted by molar-refractivity contribution is -0.123. The summed E-state index contributed by atoms with van der Waals surface area (Å²) in [6, 6.07) is 14.8. The predicted molar refractivity (Wildman–Crippen MR) is 156 cm³/mol. The van der Waals surface area contributed by atoms with Gasteiger partial charge in [0.2, 0.25) is 0 Å². The van der Waals surface area contributed by atoms with Gasteiger partial charge in [0.1, 0.15) is 34.9 Å². The molecule has 1 saturated heterocycles. The van der Waals surface area contributed by atoms with Gasteiger partial charge in [-0.05, 0) is 49.4 Å². The fourth-order valence-electron chi connectivity index (χ4n) is 5.32. The van der Waals surface area contributed by atoms with Crippen LogP contribution in [0.2, 0.25) is 0 Å². The molecule has 4 bridgehead atoms. The van der Waals surface area contributed by atoms with Crippen LogP contribution in [0.4, 0.5) is 0 Å². The van der Waals surface area contributed by atoms with E-state index in [0.29, 0.717) is 28.6 Å². The zero-order chi connectivity index (χ0) is 30.1. The zero-order valence-corrected chi connectivity index (χ0v) is 23.9. The van der Waals surface area contributed by atoms with Crippen LogP contribution in [0.5, 0.6) is 23.0 Å². The van der Waals surface area contributed by atoms with Crippen LogP contribution < -0.4 is 29.6 Å². The van der Waals surface area contributed by atoms with Gasteiger partial charge < -0.3 is 39.5 Å². The van der Waals surface area contributed by atoms with Crippen LogP contribution >= 0.6 is 0 Å². The summed E-state index contributed by atoms with van der Waals surface area (Å²) in [6.45, 7) is 2.26. The average Bonchev–Trinajstić information content (AvgIpc) is 3.59. The van der Waals surface area contributed by atoms with Gasteiger partial charge in [-0.15, -0.1) is 0 Å². The van der Waals surface area contributed by atoms with Crippen molar-refractivity contribution in [3.05, 3.63) is 77.1 Å². The molecule has 43 heavy (non-hydrogen) atoms. The second-order valence-electron chi connectivity index (χ2n) is 10.4. The summed E-state index contributed by atoms with van der Waals surface area (Å²) in [7, 11) is 3.01. The molecule has 3 aliphatic rings. The number of H-pyrrole nitrogens is 1. The standard InChI is InChI=1S/C31H31N5O7/c1-17-33-24-7-5-18(10-25(24)34-17)31(39)36-14-26-28(15-36)43-21-6-4-19(27(12-21)41-3)13-32-29(37)16-42-23-9-20(30(38)35-26)8-22(11-23)40-2/h4-12,26,28H,13-16H2,1-3H3,(H,32,37)(H,33,34)(H,35,38)/t26-,28-/m0/s1. The van der Waals surface area contributed by atoms with Crippen molar-refractivity contribution in [3.8, 4) is 23.0 Å². The second-order valence-corrected chi connectivity index (χ2v) is 10.4. The molecular weight excluding hydrogens is 554 g/mol. The number of nitrogens with zero attached hydrogens (tertiary/aromatic N) is 2. The van der Waals surface area contributed by atoms with E-state index in [-0.39, 0.29) is 43.6 Å². The molecule has 3 aliphatic heterocycles. The Morgan fingerprint density at radius 2 is 1.86 bits per heavy atom. The zero-order valence-electron chi connectivity index (χ0n) is 23.9. The number of methoxy groups -OCH3 is 2. The molecule has 0 saturated carbocycles. The van der Waals surface area contributed by atoms with Crippen molar-refractivity contribution in [2.24, 2.45) is 0 Å². The van der Waals surface area contributed by atoms with Crippen molar-refractivity contribution >= 4 is 28.8 Å². The van der Waals surface area contributed by atoms with Crippen LogP contribution in [0.15, 0.2) is 54.6 Å². The maximum absolute atomic E-state index is 13.6. The third kappa shape index (κ3) is 5.89. The number of carbonyl (C=O) groups is 3. The largest absolute Gasteiger partial charge is 0.497 e. The Balaban J connectivity index is 1.33. The highest BCUT2D eigenvalue weighted by molar-refractivity contribution is 5.98. The van der Waals surface area contributed by atoms with E-state index >= 15 is 0 Å². The number of carbonyl (C=O) groups excluding carboxylic acids is 3. The quantitative estimate of drug-likeness (QED) is 0.333. The number of imidazole rings is 1. The van der Waals surface area contributed by atoms with Crippen LogP contribution in [-0.2, 0) is 11.3 Å². The van der Waals surface area contributed by atoms with E-state index < -0.39 is 18.1 Å². The molecule has 1 fully saturated rings. The Labute approximate surface area is 247 Å². The van der Waals surface area contributed by atoms with Gasteiger partial charge in [0.15, 0.2) is 6.61 Å². The SMILES string of the molecule is COc1cc2cc(c1)C(=O)N[C@H]1CN(C(=O)c3ccc4nc(C)[nH]c4c3)C[C@@H]1Oc1ccc(c(OC)c1)CNC(=O)CO2. The maximum atomic E-state index is 13.6. The number of aryl methyl sites for hydroxylation is 1. The number of hydrogen-bond donors (Lipinski definition) is 3. The minimum atomic E-state index is -0.571. The molecule has 3 aromatic carbocycles. The molecule has 4 heterocycles.